The molecule has 2 aromatic heterocycles. The van der Waals surface area contributed by atoms with Crippen molar-refractivity contribution in [3.8, 4) is 5.75 Å². The SMILES string of the molecule is O=C(NCCn1cc([N+](=O)[O-])cn1)c1ccc(COc2ccccc2Cl)o1. The lowest BCUT2D eigenvalue weighted by molar-refractivity contribution is -0.385. The molecule has 0 radical (unpaired) electrons. The molecule has 0 unspecified atom stereocenters. The van der Waals surface area contributed by atoms with Crippen molar-refractivity contribution < 1.29 is 18.9 Å². The zero-order valence-electron chi connectivity index (χ0n) is 14.0. The molecule has 0 saturated heterocycles. The highest BCUT2D eigenvalue weighted by Gasteiger charge is 2.13. The lowest BCUT2D eigenvalue weighted by Crippen LogP contribution is -2.27. The topological polar surface area (TPSA) is 112 Å². The summed E-state index contributed by atoms with van der Waals surface area (Å²) in [4.78, 5) is 22.2. The van der Waals surface area contributed by atoms with Crippen molar-refractivity contribution in [3.63, 3.8) is 0 Å². The molecular formula is C17H15ClN4O5. The van der Waals surface area contributed by atoms with Crippen molar-refractivity contribution in [1.82, 2.24) is 15.1 Å². The van der Waals surface area contributed by atoms with Crippen LogP contribution >= 0.6 is 11.6 Å². The zero-order chi connectivity index (χ0) is 19.2. The number of nitro groups is 1. The lowest BCUT2D eigenvalue weighted by atomic mass is 10.3. The summed E-state index contributed by atoms with van der Waals surface area (Å²) in [6.07, 6.45) is 2.45. The molecule has 0 aliphatic heterocycles. The number of rotatable bonds is 8. The maximum absolute atomic E-state index is 12.1. The number of nitrogens with one attached hydrogen (secondary N) is 1. The Labute approximate surface area is 158 Å². The largest absolute Gasteiger partial charge is 0.484 e. The highest BCUT2D eigenvalue weighted by molar-refractivity contribution is 6.32. The molecule has 9 nitrogen and oxygen atoms in total. The Morgan fingerprint density at radius 1 is 1.33 bits per heavy atom. The third-order valence-corrected chi connectivity index (χ3v) is 3.86. The number of furan rings is 1. The van der Waals surface area contributed by atoms with Crippen LogP contribution in [0.25, 0.3) is 0 Å². The van der Waals surface area contributed by atoms with Gasteiger partial charge in [0.1, 0.15) is 30.5 Å². The molecule has 1 N–H and O–H groups in total. The molecule has 0 bridgehead atoms. The number of carbonyl (C=O) groups excluding carboxylic acids is 1. The van der Waals surface area contributed by atoms with Crippen LogP contribution in [0.1, 0.15) is 16.3 Å². The smallest absolute Gasteiger partial charge is 0.306 e. The van der Waals surface area contributed by atoms with Crippen molar-refractivity contribution in [2.75, 3.05) is 6.54 Å². The monoisotopic (exact) mass is 390 g/mol. The third-order valence-electron chi connectivity index (χ3n) is 3.55. The van der Waals surface area contributed by atoms with Gasteiger partial charge in [-0.1, -0.05) is 23.7 Å². The first kappa shape index (κ1) is 18.5. The summed E-state index contributed by atoms with van der Waals surface area (Å²) in [6.45, 7) is 0.667. The van der Waals surface area contributed by atoms with Crippen molar-refractivity contribution >= 4 is 23.2 Å². The second-order valence-electron chi connectivity index (χ2n) is 5.46. The summed E-state index contributed by atoms with van der Waals surface area (Å²) in [5, 5.41) is 17.6. The molecule has 10 heteroatoms. The van der Waals surface area contributed by atoms with Gasteiger partial charge < -0.3 is 14.5 Å². The van der Waals surface area contributed by atoms with E-state index >= 15 is 0 Å². The number of nitrogens with zero attached hydrogens (tertiary/aromatic N) is 3. The number of hydrogen-bond donors (Lipinski definition) is 1. The van der Waals surface area contributed by atoms with Crippen LogP contribution in [0, 0.1) is 10.1 Å². The van der Waals surface area contributed by atoms with E-state index in [1.54, 1.807) is 36.4 Å². The number of hydrogen-bond acceptors (Lipinski definition) is 6. The molecule has 0 fully saturated rings. The highest BCUT2D eigenvalue weighted by Crippen LogP contribution is 2.24. The molecule has 140 valence electrons. The molecule has 27 heavy (non-hydrogen) atoms. The van der Waals surface area contributed by atoms with Crippen LogP contribution in [0.2, 0.25) is 5.02 Å². The minimum absolute atomic E-state index is 0.101. The van der Waals surface area contributed by atoms with Gasteiger partial charge in [-0.05, 0) is 24.3 Å². The number of halogens is 1. The summed E-state index contributed by atoms with van der Waals surface area (Å²) in [5.41, 5.74) is -0.101. The summed E-state index contributed by atoms with van der Waals surface area (Å²) in [6, 6.07) is 10.2. The van der Waals surface area contributed by atoms with Crippen LogP contribution in [0.3, 0.4) is 0 Å². The van der Waals surface area contributed by atoms with Gasteiger partial charge in [0.2, 0.25) is 0 Å². The Morgan fingerprint density at radius 2 is 2.15 bits per heavy atom. The first-order chi connectivity index (χ1) is 13.0. The minimum atomic E-state index is -0.531. The van der Waals surface area contributed by atoms with E-state index in [1.807, 2.05) is 0 Å². The van der Waals surface area contributed by atoms with Gasteiger partial charge in [0, 0.05) is 6.54 Å². The number of aromatic nitrogens is 2. The molecule has 0 spiro atoms. The summed E-state index contributed by atoms with van der Waals surface area (Å²) >= 11 is 6.01. The van der Waals surface area contributed by atoms with Gasteiger partial charge in [-0.3, -0.25) is 19.6 Å². The van der Waals surface area contributed by atoms with E-state index in [2.05, 4.69) is 10.4 Å². The van der Waals surface area contributed by atoms with Gasteiger partial charge in [-0.15, -0.1) is 0 Å². The summed E-state index contributed by atoms with van der Waals surface area (Å²) in [5.74, 6) is 0.734. The van der Waals surface area contributed by atoms with Crippen LogP contribution in [0.4, 0.5) is 5.69 Å². The fourth-order valence-electron chi connectivity index (χ4n) is 2.23. The number of benzene rings is 1. The fourth-order valence-corrected chi connectivity index (χ4v) is 2.42. The Kier molecular flexibility index (Phi) is 5.72. The molecule has 3 aromatic rings. The highest BCUT2D eigenvalue weighted by atomic mass is 35.5. The van der Waals surface area contributed by atoms with Gasteiger partial charge in [0.25, 0.3) is 5.91 Å². The average Bonchev–Trinajstić information content (AvgIpc) is 3.30. The van der Waals surface area contributed by atoms with Crippen LogP contribution in [0.15, 0.2) is 53.2 Å². The first-order valence-corrected chi connectivity index (χ1v) is 8.32. The second-order valence-corrected chi connectivity index (χ2v) is 5.87. The second kappa shape index (κ2) is 8.37. The van der Waals surface area contributed by atoms with Crippen molar-refractivity contribution in [1.29, 1.82) is 0 Å². The van der Waals surface area contributed by atoms with Crippen LogP contribution in [-0.2, 0) is 13.2 Å². The first-order valence-electron chi connectivity index (χ1n) is 7.94. The Morgan fingerprint density at radius 3 is 2.89 bits per heavy atom. The van der Waals surface area contributed by atoms with E-state index in [4.69, 9.17) is 20.8 Å². The van der Waals surface area contributed by atoms with E-state index < -0.39 is 10.8 Å². The van der Waals surface area contributed by atoms with Gasteiger partial charge >= 0.3 is 5.69 Å². The quantitative estimate of drug-likeness (QED) is 0.467. The average molecular weight is 391 g/mol. The summed E-state index contributed by atoms with van der Waals surface area (Å²) < 4.78 is 12.4. The van der Waals surface area contributed by atoms with Crippen LogP contribution < -0.4 is 10.1 Å². The fraction of sp³-hybridized carbons (Fsp3) is 0.176. The minimum Gasteiger partial charge on any atom is -0.484 e. The van der Waals surface area contributed by atoms with Crippen molar-refractivity contribution in [3.05, 3.63) is 75.4 Å². The predicted octanol–water partition coefficient (Wildman–Crippen LogP) is 3.05. The number of carbonyl (C=O) groups is 1. The van der Waals surface area contributed by atoms with Crippen LogP contribution in [-0.4, -0.2) is 27.2 Å². The predicted molar refractivity (Wildman–Crippen MR) is 95.7 cm³/mol. The van der Waals surface area contributed by atoms with Crippen molar-refractivity contribution in [2.24, 2.45) is 0 Å². The molecule has 0 saturated carbocycles. The lowest BCUT2D eigenvalue weighted by Gasteiger charge is -2.06. The van der Waals surface area contributed by atoms with Gasteiger partial charge in [-0.2, -0.15) is 5.10 Å². The van der Waals surface area contributed by atoms with Gasteiger partial charge in [-0.25, -0.2) is 0 Å². The van der Waals surface area contributed by atoms with E-state index in [9.17, 15) is 14.9 Å². The summed E-state index contributed by atoms with van der Waals surface area (Å²) in [7, 11) is 0. The maximum Gasteiger partial charge on any atom is 0.306 e. The number of amides is 1. The third kappa shape index (κ3) is 4.85. The van der Waals surface area contributed by atoms with Crippen molar-refractivity contribution in [2.45, 2.75) is 13.2 Å². The molecular weight excluding hydrogens is 376 g/mol. The molecule has 1 amide bonds. The van der Waals surface area contributed by atoms with Gasteiger partial charge in [0.15, 0.2) is 5.76 Å². The Bertz CT molecular complexity index is 952. The van der Waals surface area contributed by atoms with E-state index in [0.29, 0.717) is 23.1 Å². The molecule has 1 aromatic carbocycles. The number of para-hydroxylation sites is 1. The maximum atomic E-state index is 12.1. The van der Waals surface area contributed by atoms with E-state index in [0.717, 1.165) is 6.20 Å². The van der Waals surface area contributed by atoms with E-state index in [-0.39, 0.29) is 24.6 Å². The normalized spacial score (nSPS) is 10.6. The molecule has 0 aliphatic carbocycles. The standard InChI is InChI=1S/C17H15ClN4O5/c18-14-3-1-2-4-15(14)26-11-13-5-6-16(27-13)17(23)19-7-8-21-10-12(9-20-21)22(24)25/h1-6,9-10H,7-8,11H2,(H,19,23). The Balaban J connectivity index is 1.47. The molecule has 2 heterocycles. The molecule has 0 atom stereocenters. The number of ether oxygens (including phenoxy) is 1. The van der Waals surface area contributed by atoms with Crippen LogP contribution in [0.5, 0.6) is 5.75 Å². The van der Waals surface area contributed by atoms with E-state index in [1.165, 1.54) is 10.9 Å². The Hall–Kier alpha value is -3.33. The molecule has 3 rings (SSSR count). The van der Waals surface area contributed by atoms with Gasteiger partial charge in [0.05, 0.1) is 16.5 Å². The molecule has 0 aliphatic rings. The zero-order valence-corrected chi connectivity index (χ0v) is 14.8.